The van der Waals surface area contributed by atoms with E-state index in [0.717, 1.165) is 12.8 Å². The third-order valence-electron chi connectivity index (χ3n) is 4.29. The van der Waals surface area contributed by atoms with Crippen LogP contribution in [-0.4, -0.2) is 38.3 Å². The molecule has 1 fully saturated rings. The number of anilines is 1. The first kappa shape index (κ1) is 19.3. The van der Waals surface area contributed by atoms with E-state index in [1.54, 1.807) is 6.92 Å². The smallest absolute Gasteiger partial charge is 0.255 e. The van der Waals surface area contributed by atoms with Gasteiger partial charge in [-0.2, -0.15) is 4.31 Å². The van der Waals surface area contributed by atoms with Crippen molar-refractivity contribution in [1.29, 1.82) is 0 Å². The number of benzene rings is 2. The van der Waals surface area contributed by atoms with E-state index in [2.05, 4.69) is 5.32 Å². The number of hydrogen-bond acceptors (Lipinski definition) is 4. The van der Waals surface area contributed by atoms with Gasteiger partial charge in [-0.1, -0.05) is 0 Å². The molecular formula is C19H21FN2O4S. The predicted octanol–water partition coefficient (Wildman–Crippen LogP) is 3.26. The molecule has 2 aromatic carbocycles. The lowest BCUT2D eigenvalue weighted by Gasteiger charge is -2.19. The lowest BCUT2D eigenvalue weighted by atomic mass is 10.2. The monoisotopic (exact) mass is 392 g/mol. The zero-order valence-corrected chi connectivity index (χ0v) is 15.8. The van der Waals surface area contributed by atoms with Crippen molar-refractivity contribution in [3.05, 3.63) is 53.8 Å². The number of amides is 1. The quantitative estimate of drug-likeness (QED) is 0.819. The van der Waals surface area contributed by atoms with Crippen molar-refractivity contribution in [2.24, 2.45) is 0 Å². The largest absolute Gasteiger partial charge is 0.492 e. The number of carbonyl (C=O) groups is 1. The molecular weight excluding hydrogens is 371 g/mol. The molecule has 1 N–H and O–H groups in total. The minimum absolute atomic E-state index is 0.0157. The summed E-state index contributed by atoms with van der Waals surface area (Å²) in [6, 6.07) is 9.66. The summed E-state index contributed by atoms with van der Waals surface area (Å²) in [6.07, 6.45) is 1.63. The molecule has 1 amide bonds. The van der Waals surface area contributed by atoms with Gasteiger partial charge in [0.05, 0.1) is 6.61 Å². The Balaban J connectivity index is 1.92. The second-order valence-electron chi connectivity index (χ2n) is 6.17. The highest BCUT2D eigenvalue weighted by Gasteiger charge is 2.30. The maximum Gasteiger partial charge on any atom is 0.255 e. The van der Waals surface area contributed by atoms with Crippen molar-refractivity contribution in [3.8, 4) is 5.75 Å². The molecule has 0 radical (unpaired) electrons. The van der Waals surface area contributed by atoms with Crippen LogP contribution in [0.25, 0.3) is 0 Å². The standard InChI is InChI=1S/C19H21FN2O4S/c1-2-26-17-10-5-14(19(23)21-16-8-6-15(20)7-9-16)13-18(17)27(24,25)22-11-3-4-12-22/h5-10,13H,2-4,11-12H2,1H3,(H,21,23). The summed E-state index contributed by atoms with van der Waals surface area (Å²) in [6.45, 7) is 2.99. The van der Waals surface area contributed by atoms with Crippen LogP contribution in [0.2, 0.25) is 0 Å². The van der Waals surface area contributed by atoms with Crippen LogP contribution in [0.15, 0.2) is 47.4 Å². The Morgan fingerprint density at radius 3 is 2.44 bits per heavy atom. The van der Waals surface area contributed by atoms with Gasteiger partial charge in [0.1, 0.15) is 16.5 Å². The maximum absolute atomic E-state index is 13.0. The predicted molar refractivity (Wildman–Crippen MR) is 100.0 cm³/mol. The Morgan fingerprint density at radius 2 is 1.81 bits per heavy atom. The molecule has 0 bridgehead atoms. The molecule has 1 heterocycles. The Kier molecular flexibility index (Phi) is 5.76. The van der Waals surface area contributed by atoms with Crippen LogP contribution in [0.5, 0.6) is 5.75 Å². The van der Waals surface area contributed by atoms with E-state index in [4.69, 9.17) is 4.74 Å². The first-order valence-corrected chi connectivity index (χ1v) is 10.2. The van der Waals surface area contributed by atoms with Crippen molar-refractivity contribution >= 4 is 21.6 Å². The zero-order chi connectivity index (χ0) is 19.4. The molecule has 1 aliphatic heterocycles. The summed E-state index contributed by atoms with van der Waals surface area (Å²) < 4.78 is 45.8. The molecule has 27 heavy (non-hydrogen) atoms. The molecule has 0 saturated carbocycles. The van der Waals surface area contributed by atoms with Crippen molar-refractivity contribution in [3.63, 3.8) is 0 Å². The Morgan fingerprint density at radius 1 is 1.15 bits per heavy atom. The maximum atomic E-state index is 13.0. The molecule has 0 unspecified atom stereocenters. The molecule has 0 aliphatic carbocycles. The average Bonchev–Trinajstić information content (AvgIpc) is 3.19. The highest BCUT2D eigenvalue weighted by atomic mass is 32.2. The number of ether oxygens (including phenoxy) is 1. The number of nitrogens with zero attached hydrogens (tertiary/aromatic N) is 1. The second kappa shape index (κ2) is 8.06. The summed E-state index contributed by atoms with van der Waals surface area (Å²) in [4.78, 5) is 12.5. The molecule has 1 saturated heterocycles. The van der Waals surface area contributed by atoms with Crippen LogP contribution in [0.3, 0.4) is 0 Å². The second-order valence-corrected chi connectivity index (χ2v) is 8.07. The number of rotatable bonds is 6. The van der Waals surface area contributed by atoms with Crippen LogP contribution < -0.4 is 10.1 Å². The summed E-state index contributed by atoms with van der Waals surface area (Å²) in [5, 5.41) is 2.63. The van der Waals surface area contributed by atoms with Crippen LogP contribution in [0.4, 0.5) is 10.1 Å². The summed E-state index contributed by atoms with van der Waals surface area (Å²) in [5.74, 6) is -0.668. The fraction of sp³-hybridized carbons (Fsp3) is 0.316. The third kappa shape index (κ3) is 4.28. The van der Waals surface area contributed by atoms with Crippen molar-refractivity contribution in [2.45, 2.75) is 24.7 Å². The van der Waals surface area contributed by atoms with Gasteiger partial charge in [-0.3, -0.25) is 4.79 Å². The van der Waals surface area contributed by atoms with Crippen LogP contribution in [0.1, 0.15) is 30.1 Å². The van der Waals surface area contributed by atoms with Gasteiger partial charge in [-0.15, -0.1) is 0 Å². The van der Waals surface area contributed by atoms with Gasteiger partial charge in [-0.25, -0.2) is 12.8 Å². The number of carbonyl (C=O) groups excluding carboxylic acids is 1. The fourth-order valence-corrected chi connectivity index (χ4v) is 4.60. The highest BCUT2D eigenvalue weighted by Crippen LogP contribution is 2.30. The number of sulfonamides is 1. The first-order chi connectivity index (χ1) is 12.9. The van der Waals surface area contributed by atoms with Crippen molar-refractivity contribution in [2.75, 3.05) is 25.0 Å². The Bertz CT molecular complexity index is 923. The van der Waals surface area contributed by atoms with E-state index in [0.29, 0.717) is 25.4 Å². The van der Waals surface area contributed by atoms with E-state index >= 15 is 0 Å². The van der Waals surface area contributed by atoms with Gasteiger partial charge < -0.3 is 10.1 Å². The molecule has 2 aromatic rings. The fourth-order valence-electron chi connectivity index (χ4n) is 2.93. The average molecular weight is 392 g/mol. The summed E-state index contributed by atoms with van der Waals surface area (Å²) in [7, 11) is -3.75. The van der Waals surface area contributed by atoms with Gasteiger partial charge in [0, 0.05) is 24.3 Å². The van der Waals surface area contributed by atoms with Crippen molar-refractivity contribution < 1.29 is 22.3 Å². The van der Waals surface area contributed by atoms with Gasteiger partial charge in [0.25, 0.3) is 5.91 Å². The van der Waals surface area contributed by atoms with E-state index in [1.807, 2.05) is 0 Å². The molecule has 3 rings (SSSR count). The lowest BCUT2D eigenvalue weighted by Crippen LogP contribution is -2.28. The van der Waals surface area contributed by atoms with Crippen LogP contribution in [-0.2, 0) is 10.0 Å². The minimum Gasteiger partial charge on any atom is -0.492 e. The summed E-state index contributed by atoms with van der Waals surface area (Å²) >= 11 is 0. The number of halogens is 1. The number of nitrogens with one attached hydrogen (secondary N) is 1. The normalized spacial score (nSPS) is 14.9. The Hall–Kier alpha value is -2.45. The third-order valence-corrected chi connectivity index (χ3v) is 6.21. The molecule has 0 atom stereocenters. The summed E-state index contributed by atoms with van der Waals surface area (Å²) in [5.41, 5.74) is 0.597. The van der Waals surface area contributed by atoms with E-state index in [-0.39, 0.29) is 16.2 Å². The minimum atomic E-state index is -3.75. The highest BCUT2D eigenvalue weighted by molar-refractivity contribution is 7.89. The molecule has 0 spiro atoms. The SMILES string of the molecule is CCOc1ccc(C(=O)Nc2ccc(F)cc2)cc1S(=O)(=O)N1CCCC1. The van der Waals surface area contributed by atoms with Crippen molar-refractivity contribution in [1.82, 2.24) is 4.31 Å². The van der Waals surface area contributed by atoms with E-state index in [1.165, 1.54) is 46.8 Å². The van der Waals surface area contributed by atoms with E-state index in [9.17, 15) is 17.6 Å². The first-order valence-electron chi connectivity index (χ1n) is 8.75. The number of hydrogen-bond donors (Lipinski definition) is 1. The topological polar surface area (TPSA) is 75.7 Å². The molecule has 144 valence electrons. The Labute approximate surface area is 158 Å². The van der Waals surface area contributed by atoms with Crippen LogP contribution >= 0.6 is 0 Å². The van der Waals surface area contributed by atoms with Crippen LogP contribution in [0, 0.1) is 5.82 Å². The molecule has 6 nitrogen and oxygen atoms in total. The van der Waals surface area contributed by atoms with E-state index < -0.39 is 21.7 Å². The molecule has 0 aromatic heterocycles. The lowest BCUT2D eigenvalue weighted by molar-refractivity contribution is 0.102. The van der Waals surface area contributed by atoms with Gasteiger partial charge in [0.2, 0.25) is 10.0 Å². The molecule has 8 heteroatoms. The molecule has 1 aliphatic rings. The van der Waals surface area contributed by atoms with Gasteiger partial charge in [0.15, 0.2) is 0 Å². The zero-order valence-electron chi connectivity index (χ0n) is 14.9. The van der Waals surface area contributed by atoms with Gasteiger partial charge >= 0.3 is 0 Å². The van der Waals surface area contributed by atoms with Gasteiger partial charge in [-0.05, 0) is 62.2 Å².